The highest BCUT2D eigenvalue weighted by atomic mass is 35.5. The van der Waals surface area contributed by atoms with E-state index in [1.54, 1.807) is 0 Å². The Hall–Kier alpha value is -1.42. The van der Waals surface area contributed by atoms with Crippen LogP contribution >= 0.6 is 11.6 Å². The molecular formula is C7H8ClN3O. The highest BCUT2D eigenvalue weighted by Crippen LogP contribution is 2.21. The Balaban J connectivity index is 3.48. The Labute approximate surface area is 73.8 Å². The van der Waals surface area contributed by atoms with E-state index in [1.165, 1.54) is 6.07 Å². The summed E-state index contributed by atoms with van der Waals surface area (Å²) in [4.78, 5) is 13.2. The molecule has 0 spiro atoms. The first kappa shape index (κ1) is 8.67. The van der Waals surface area contributed by atoms with Gasteiger partial charge >= 0.3 is 0 Å². The topological polar surface area (TPSA) is 84.9 Å². The van der Waals surface area contributed by atoms with Crippen molar-refractivity contribution in [3.63, 3.8) is 0 Å². The number of nitrogen functional groups attached to an aromatic ring is 1. The molecule has 0 saturated heterocycles. The number of H-pyrrole nitrogens is 1. The first-order valence-corrected chi connectivity index (χ1v) is 3.53. The normalized spacial score (nSPS) is 9.75. The Kier molecular flexibility index (Phi) is 2.10. The van der Waals surface area contributed by atoms with Crippen molar-refractivity contribution in [1.82, 2.24) is 4.98 Å². The summed E-state index contributed by atoms with van der Waals surface area (Å²) in [5, 5.41) is 0.212. The molecule has 5 heteroatoms. The number of hydrogen-bond acceptors (Lipinski definition) is 3. The fraction of sp³-hybridized carbons (Fsp3) is 0. The number of nitrogens with one attached hydrogen (secondary N) is 1. The lowest BCUT2D eigenvalue weighted by molar-refractivity contribution is 1.23. The van der Waals surface area contributed by atoms with Gasteiger partial charge in [0.25, 0.3) is 5.56 Å². The third-order valence-electron chi connectivity index (χ3n) is 1.34. The van der Waals surface area contributed by atoms with Crippen LogP contribution in [-0.2, 0) is 0 Å². The molecule has 0 aliphatic rings. The summed E-state index contributed by atoms with van der Waals surface area (Å²) in [6.07, 6.45) is 0. The van der Waals surface area contributed by atoms with E-state index in [1.807, 2.05) is 0 Å². The number of nitrogens with two attached hydrogens (primary N) is 2. The van der Waals surface area contributed by atoms with E-state index < -0.39 is 0 Å². The van der Waals surface area contributed by atoms with Crippen molar-refractivity contribution in [1.29, 1.82) is 0 Å². The molecule has 0 radical (unpaired) electrons. The molecule has 0 amide bonds. The van der Waals surface area contributed by atoms with Crippen LogP contribution in [0.2, 0.25) is 5.02 Å². The van der Waals surface area contributed by atoms with Crippen molar-refractivity contribution in [3.8, 4) is 0 Å². The largest absolute Gasteiger partial charge is 0.399 e. The van der Waals surface area contributed by atoms with Crippen molar-refractivity contribution < 1.29 is 0 Å². The minimum absolute atomic E-state index is 0.139. The van der Waals surface area contributed by atoms with Crippen molar-refractivity contribution in [2.24, 2.45) is 5.73 Å². The maximum absolute atomic E-state index is 10.8. The van der Waals surface area contributed by atoms with Crippen LogP contribution in [0.1, 0.15) is 5.56 Å². The summed E-state index contributed by atoms with van der Waals surface area (Å²) in [7, 11) is 0. The fourth-order valence-electron chi connectivity index (χ4n) is 0.874. The van der Waals surface area contributed by atoms with Crippen LogP contribution in [0.3, 0.4) is 0 Å². The van der Waals surface area contributed by atoms with Gasteiger partial charge in [-0.1, -0.05) is 18.2 Å². The Morgan fingerprint density at radius 2 is 2.25 bits per heavy atom. The fourth-order valence-corrected chi connectivity index (χ4v) is 1.20. The van der Waals surface area contributed by atoms with Gasteiger partial charge in [-0.3, -0.25) is 4.79 Å². The van der Waals surface area contributed by atoms with Crippen LogP contribution in [0.4, 0.5) is 5.82 Å². The quantitative estimate of drug-likeness (QED) is 0.597. The van der Waals surface area contributed by atoms with Crippen molar-refractivity contribution in [2.75, 3.05) is 5.73 Å². The molecule has 0 fully saturated rings. The molecule has 0 saturated carbocycles. The van der Waals surface area contributed by atoms with Gasteiger partial charge in [0, 0.05) is 11.8 Å². The van der Waals surface area contributed by atoms with Crippen LogP contribution in [0, 0.1) is 0 Å². The van der Waals surface area contributed by atoms with Gasteiger partial charge in [-0.2, -0.15) is 0 Å². The minimum Gasteiger partial charge on any atom is -0.399 e. The van der Waals surface area contributed by atoms with Crippen LogP contribution in [-0.4, -0.2) is 4.98 Å². The van der Waals surface area contributed by atoms with Crippen molar-refractivity contribution in [3.05, 3.63) is 33.6 Å². The van der Waals surface area contributed by atoms with Gasteiger partial charge in [0.15, 0.2) is 0 Å². The number of halogens is 1. The molecule has 0 bridgehead atoms. The summed E-state index contributed by atoms with van der Waals surface area (Å²) in [5.74, 6) is 0.139. The van der Waals surface area contributed by atoms with Crippen molar-refractivity contribution >= 4 is 23.1 Å². The highest BCUT2D eigenvalue weighted by molar-refractivity contribution is 6.32. The third kappa shape index (κ3) is 1.43. The predicted molar refractivity (Wildman–Crippen MR) is 49.7 cm³/mol. The van der Waals surface area contributed by atoms with Gasteiger partial charge in [0.05, 0.1) is 10.6 Å². The second-order valence-corrected chi connectivity index (χ2v) is 2.70. The number of aromatic nitrogens is 1. The zero-order valence-corrected chi connectivity index (χ0v) is 6.98. The minimum atomic E-state index is -0.359. The maximum atomic E-state index is 10.8. The molecule has 12 heavy (non-hydrogen) atoms. The van der Waals surface area contributed by atoms with Crippen LogP contribution < -0.4 is 17.0 Å². The Morgan fingerprint density at radius 1 is 1.67 bits per heavy atom. The Morgan fingerprint density at radius 3 is 2.67 bits per heavy atom. The molecule has 0 atom stereocenters. The summed E-state index contributed by atoms with van der Waals surface area (Å²) in [6, 6.07) is 1.20. The number of anilines is 1. The predicted octanol–water partition coefficient (Wildman–Crippen LogP) is 0.540. The zero-order chi connectivity index (χ0) is 9.30. The molecule has 1 heterocycles. The van der Waals surface area contributed by atoms with Crippen LogP contribution in [0.15, 0.2) is 17.4 Å². The summed E-state index contributed by atoms with van der Waals surface area (Å²) in [5.41, 5.74) is 11.1. The van der Waals surface area contributed by atoms with Crippen LogP contribution in [0.25, 0.3) is 5.70 Å². The molecule has 0 aromatic carbocycles. The van der Waals surface area contributed by atoms with Gasteiger partial charge < -0.3 is 16.5 Å². The zero-order valence-electron chi connectivity index (χ0n) is 6.23. The smallest absolute Gasteiger partial charge is 0.250 e. The van der Waals surface area contributed by atoms with E-state index in [9.17, 15) is 4.79 Å². The van der Waals surface area contributed by atoms with E-state index in [0.717, 1.165) is 0 Å². The van der Waals surface area contributed by atoms with E-state index in [0.29, 0.717) is 5.56 Å². The number of pyridine rings is 1. The monoisotopic (exact) mass is 185 g/mol. The summed E-state index contributed by atoms with van der Waals surface area (Å²) in [6.45, 7) is 3.47. The van der Waals surface area contributed by atoms with E-state index >= 15 is 0 Å². The molecule has 1 aromatic heterocycles. The SMILES string of the molecule is C=C(N)c1c(Cl)cc(=O)[nH]c1N. The first-order chi connectivity index (χ1) is 5.52. The molecule has 4 nitrogen and oxygen atoms in total. The average molecular weight is 186 g/mol. The second-order valence-electron chi connectivity index (χ2n) is 2.30. The van der Waals surface area contributed by atoms with Gasteiger partial charge in [-0.25, -0.2) is 0 Å². The van der Waals surface area contributed by atoms with Crippen LogP contribution in [0.5, 0.6) is 0 Å². The Bertz CT molecular complexity index is 356. The molecule has 1 rings (SSSR count). The van der Waals surface area contributed by atoms with E-state index in [-0.39, 0.29) is 22.1 Å². The standard InChI is InChI=1S/C7H8ClN3O/c1-3(9)6-4(8)2-5(12)11-7(6)10/h2H,1,9H2,(H3,10,11,12). The lowest BCUT2D eigenvalue weighted by atomic mass is 10.2. The lowest BCUT2D eigenvalue weighted by Gasteiger charge is -2.05. The second kappa shape index (κ2) is 2.91. The number of aromatic amines is 1. The number of hydrogen-bond donors (Lipinski definition) is 3. The molecule has 0 aliphatic carbocycles. The molecule has 64 valence electrons. The molecule has 0 unspecified atom stereocenters. The van der Waals surface area contributed by atoms with E-state index in [2.05, 4.69) is 11.6 Å². The lowest BCUT2D eigenvalue weighted by Crippen LogP contribution is -2.12. The maximum Gasteiger partial charge on any atom is 0.250 e. The van der Waals surface area contributed by atoms with Gasteiger partial charge in [0.2, 0.25) is 0 Å². The average Bonchev–Trinajstić information content (AvgIpc) is 1.82. The summed E-state index contributed by atoms with van der Waals surface area (Å²) >= 11 is 5.69. The van der Waals surface area contributed by atoms with Crippen molar-refractivity contribution in [2.45, 2.75) is 0 Å². The highest BCUT2D eigenvalue weighted by Gasteiger charge is 2.07. The van der Waals surface area contributed by atoms with Gasteiger partial charge in [-0.05, 0) is 0 Å². The summed E-state index contributed by atoms with van der Waals surface area (Å²) < 4.78 is 0. The first-order valence-electron chi connectivity index (χ1n) is 3.15. The number of rotatable bonds is 1. The molecule has 1 aromatic rings. The molecule has 5 N–H and O–H groups in total. The molecule has 0 aliphatic heterocycles. The van der Waals surface area contributed by atoms with E-state index in [4.69, 9.17) is 23.1 Å². The third-order valence-corrected chi connectivity index (χ3v) is 1.64. The van der Waals surface area contributed by atoms with Gasteiger partial charge in [-0.15, -0.1) is 0 Å². The van der Waals surface area contributed by atoms with Gasteiger partial charge in [0.1, 0.15) is 5.82 Å². The molecular weight excluding hydrogens is 178 g/mol.